The van der Waals surface area contributed by atoms with Crippen molar-refractivity contribution in [2.24, 2.45) is 0 Å². The number of hydrogen-bond acceptors (Lipinski definition) is 3. The highest BCUT2D eigenvalue weighted by Gasteiger charge is 2.19. The molecule has 0 aromatic heterocycles. The molecule has 0 unspecified atom stereocenters. The van der Waals surface area contributed by atoms with Crippen molar-refractivity contribution in [1.82, 2.24) is 5.32 Å². The normalized spacial score (nSPS) is 13.8. The molecule has 0 aromatic rings. The van der Waals surface area contributed by atoms with Gasteiger partial charge in [-0.25, -0.2) is 0 Å². The Labute approximate surface area is 94.5 Å². The predicted molar refractivity (Wildman–Crippen MR) is 58.7 cm³/mol. The molecule has 16 heavy (non-hydrogen) atoms. The topological polar surface area (TPSA) is 83.5 Å². The SMILES string of the molecule is CC(=O)O.CCCCCC1=CC(=O)NC1=O. The van der Waals surface area contributed by atoms with Crippen LogP contribution < -0.4 is 5.32 Å². The Morgan fingerprint density at radius 3 is 2.31 bits per heavy atom. The van der Waals surface area contributed by atoms with Crippen LogP contribution >= 0.6 is 0 Å². The van der Waals surface area contributed by atoms with Crippen LogP contribution in [0.3, 0.4) is 0 Å². The Morgan fingerprint density at radius 2 is 1.94 bits per heavy atom. The first-order valence-electron chi connectivity index (χ1n) is 5.22. The fourth-order valence-corrected chi connectivity index (χ4v) is 1.20. The van der Waals surface area contributed by atoms with Crippen molar-refractivity contribution in [3.05, 3.63) is 11.6 Å². The molecule has 2 amide bonds. The summed E-state index contributed by atoms with van der Waals surface area (Å²) in [6, 6.07) is 0. The van der Waals surface area contributed by atoms with Crippen LogP contribution in [0.25, 0.3) is 0 Å². The number of imide groups is 1. The number of carbonyl (C=O) groups is 3. The van der Waals surface area contributed by atoms with Gasteiger partial charge in [0.25, 0.3) is 17.8 Å². The highest BCUT2D eigenvalue weighted by Crippen LogP contribution is 2.12. The molecule has 0 bridgehead atoms. The first kappa shape index (κ1) is 14.3. The molecule has 0 atom stereocenters. The maximum absolute atomic E-state index is 11.0. The van der Waals surface area contributed by atoms with Crippen molar-refractivity contribution in [3.8, 4) is 0 Å². The molecule has 90 valence electrons. The lowest BCUT2D eigenvalue weighted by atomic mass is 10.1. The number of carboxylic acids is 1. The molecule has 0 saturated heterocycles. The van der Waals surface area contributed by atoms with Crippen molar-refractivity contribution in [1.29, 1.82) is 0 Å². The Bertz CT molecular complexity index is 303. The van der Waals surface area contributed by atoms with Crippen molar-refractivity contribution in [2.75, 3.05) is 0 Å². The van der Waals surface area contributed by atoms with E-state index < -0.39 is 5.97 Å². The lowest BCUT2D eigenvalue weighted by molar-refractivity contribution is -0.134. The van der Waals surface area contributed by atoms with Gasteiger partial charge in [0.05, 0.1) is 0 Å². The lowest BCUT2D eigenvalue weighted by Crippen LogP contribution is -2.22. The molecule has 0 aliphatic carbocycles. The first-order chi connectivity index (χ1) is 7.47. The van der Waals surface area contributed by atoms with Crippen LogP contribution in [0.1, 0.15) is 39.5 Å². The molecule has 1 heterocycles. The third-order valence-corrected chi connectivity index (χ3v) is 1.88. The van der Waals surface area contributed by atoms with E-state index in [0.717, 1.165) is 32.6 Å². The number of carbonyl (C=O) groups excluding carboxylic acids is 2. The molecule has 0 aromatic carbocycles. The molecular formula is C11H17NO4. The molecule has 0 spiro atoms. The summed E-state index contributed by atoms with van der Waals surface area (Å²) in [6.45, 7) is 3.19. The minimum absolute atomic E-state index is 0.212. The zero-order valence-corrected chi connectivity index (χ0v) is 9.58. The number of unbranched alkanes of at least 4 members (excludes halogenated alkanes) is 2. The van der Waals surface area contributed by atoms with E-state index in [1.807, 2.05) is 0 Å². The predicted octanol–water partition coefficient (Wildman–Crippen LogP) is 1.24. The summed E-state index contributed by atoms with van der Waals surface area (Å²) in [5.41, 5.74) is 0.633. The van der Waals surface area contributed by atoms with Gasteiger partial charge < -0.3 is 5.11 Å². The third-order valence-electron chi connectivity index (χ3n) is 1.88. The number of amides is 2. The van der Waals surface area contributed by atoms with E-state index in [0.29, 0.717) is 5.57 Å². The van der Waals surface area contributed by atoms with Crippen molar-refractivity contribution in [2.45, 2.75) is 39.5 Å². The molecule has 2 N–H and O–H groups in total. The van der Waals surface area contributed by atoms with Crippen LogP contribution in [0.2, 0.25) is 0 Å². The molecule has 1 rings (SSSR count). The minimum atomic E-state index is -0.833. The van der Waals surface area contributed by atoms with E-state index in [4.69, 9.17) is 9.90 Å². The smallest absolute Gasteiger partial charge is 0.300 e. The van der Waals surface area contributed by atoms with Crippen LogP contribution in [0.5, 0.6) is 0 Å². The van der Waals surface area contributed by atoms with Gasteiger partial charge in [0, 0.05) is 18.6 Å². The van der Waals surface area contributed by atoms with Crippen molar-refractivity contribution < 1.29 is 19.5 Å². The maximum Gasteiger partial charge on any atom is 0.300 e. The number of nitrogens with one attached hydrogen (secondary N) is 1. The second-order valence-electron chi connectivity index (χ2n) is 3.46. The van der Waals surface area contributed by atoms with E-state index >= 15 is 0 Å². The Kier molecular flexibility index (Phi) is 6.83. The van der Waals surface area contributed by atoms with Crippen molar-refractivity contribution >= 4 is 17.8 Å². The van der Waals surface area contributed by atoms with Crippen LogP contribution in [-0.2, 0) is 14.4 Å². The number of aliphatic carboxylic acids is 1. The van der Waals surface area contributed by atoms with Gasteiger partial charge in [0.2, 0.25) is 0 Å². The number of hydrogen-bond donors (Lipinski definition) is 2. The summed E-state index contributed by atoms with van der Waals surface area (Å²) in [5.74, 6) is -1.32. The number of rotatable bonds is 4. The van der Waals surface area contributed by atoms with Gasteiger partial charge in [-0.2, -0.15) is 0 Å². The maximum atomic E-state index is 11.0. The van der Waals surface area contributed by atoms with Crippen LogP contribution in [-0.4, -0.2) is 22.9 Å². The van der Waals surface area contributed by atoms with Gasteiger partial charge >= 0.3 is 0 Å². The largest absolute Gasteiger partial charge is 0.481 e. The van der Waals surface area contributed by atoms with E-state index in [2.05, 4.69) is 12.2 Å². The second-order valence-corrected chi connectivity index (χ2v) is 3.46. The summed E-state index contributed by atoms with van der Waals surface area (Å²) in [4.78, 5) is 30.7. The van der Waals surface area contributed by atoms with E-state index in [1.54, 1.807) is 0 Å². The molecule has 5 nitrogen and oxygen atoms in total. The van der Waals surface area contributed by atoms with E-state index in [-0.39, 0.29) is 11.8 Å². The summed E-state index contributed by atoms with van der Waals surface area (Å²) in [6.07, 6.45) is 5.36. The first-order valence-corrected chi connectivity index (χ1v) is 5.22. The van der Waals surface area contributed by atoms with Gasteiger partial charge in [0.1, 0.15) is 0 Å². The fraction of sp³-hybridized carbons (Fsp3) is 0.545. The Morgan fingerprint density at radius 1 is 1.38 bits per heavy atom. The molecule has 0 saturated carbocycles. The molecule has 0 radical (unpaired) electrons. The zero-order chi connectivity index (χ0) is 12.6. The molecule has 1 aliphatic rings. The number of carboxylic acid groups (broad SMARTS) is 1. The summed E-state index contributed by atoms with van der Waals surface area (Å²) < 4.78 is 0. The third kappa shape index (κ3) is 6.75. The van der Waals surface area contributed by atoms with Gasteiger partial charge in [-0.05, 0) is 12.8 Å². The fourth-order valence-electron chi connectivity index (χ4n) is 1.20. The second kappa shape index (κ2) is 7.62. The summed E-state index contributed by atoms with van der Waals surface area (Å²) >= 11 is 0. The molecule has 5 heteroatoms. The highest BCUT2D eigenvalue weighted by atomic mass is 16.4. The van der Waals surface area contributed by atoms with Gasteiger partial charge in [-0.15, -0.1) is 0 Å². The van der Waals surface area contributed by atoms with Crippen LogP contribution in [0.15, 0.2) is 11.6 Å². The summed E-state index contributed by atoms with van der Waals surface area (Å²) in [7, 11) is 0. The minimum Gasteiger partial charge on any atom is -0.481 e. The quantitative estimate of drug-likeness (QED) is 0.559. The van der Waals surface area contributed by atoms with Crippen LogP contribution in [0, 0.1) is 0 Å². The zero-order valence-electron chi connectivity index (χ0n) is 9.58. The van der Waals surface area contributed by atoms with E-state index in [9.17, 15) is 9.59 Å². The standard InChI is InChI=1S/C9H13NO2.C2H4O2/c1-2-3-4-5-7-6-8(11)10-9(7)12;1-2(3)4/h6H,2-5H2,1H3,(H,10,11,12);1H3,(H,3,4). The average molecular weight is 227 g/mol. The Balaban J connectivity index is 0.000000487. The molecule has 0 fully saturated rings. The van der Waals surface area contributed by atoms with Gasteiger partial charge in [0.15, 0.2) is 0 Å². The lowest BCUT2D eigenvalue weighted by Gasteiger charge is -1.97. The average Bonchev–Trinajstić information content (AvgIpc) is 2.45. The molecular weight excluding hydrogens is 210 g/mol. The van der Waals surface area contributed by atoms with Crippen molar-refractivity contribution in [3.63, 3.8) is 0 Å². The highest BCUT2D eigenvalue weighted by molar-refractivity contribution is 6.16. The monoisotopic (exact) mass is 227 g/mol. The van der Waals surface area contributed by atoms with Crippen LogP contribution in [0.4, 0.5) is 0 Å². The molecule has 1 aliphatic heterocycles. The van der Waals surface area contributed by atoms with Gasteiger partial charge in [-0.3, -0.25) is 19.7 Å². The van der Waals surface area contributed by atoms with E-state index in [1.165, 1.54) is 6.08 Å². The van der Waals surface area contributed by atoms with Gasteiger partial charge in [-0.1, -0.05) is 19.8 Å². The Hall–Kier alpha value is -1.65. The summed E-state index contributed by atoms with van der Waals surface area (Å²) in [5, 5.41) is 9.64.